The number of methoxy groups -OCH3 is 1. The van der Waals surface area contributed by atoms with Gasteiger partial charge in [-0.3, -0.25) is 9.78 Å². The van der Waals surface area contributed by atoms with Gasteiger partial charge in [-0.15, -0.1) is 0 Å². The molecule has 0 radical (unpaired) electrons. The van der Waals surface area contributed by atoms with E-state index in [9.17, 15) is 4.79 Å². The minimum Gasteiger partial charge on any atom is -0.497 e. The largest absolute Gasteiger partial charge is 0.497 e. The molecular weight excluding hydrogens is 216 g/mol. The molecule has 0 amide bonds. The number of pyridine rings is 1. The first-order valence-corrected chi connectivity index (χ1v) is 5.10. The molecule has 1 heterocycles. The zero-order chi connectivity index (χ0) is 12.3. The number of hydrogen-bond acceptors (Lipinski definition) is 4. The summed E-state index contributed by atoms with van der Waals surface area (Å²) in [4.78, 5) is 16.0. The topological polar surface area (TPSA) is 65.2 Å². The molecule has 4 nitrogen and oxygen atoms in total. The number of carbonyl (C=O) groups excluding carboxylic acids is 1. The molecule has 1 aromatic heterocycles. The third-order valence-electron chi connectivity index (χ3n) is 2.43. The Morgan fingerprint density at radius 3 is 2.88 bits per heavy atom. The number of nitrogen functional groups attached to an aromatic ring is 1. The van der Waals surface area contributed by atoms with Crippen LogP contribution in [0, 0.1) is 0 Å². The standard InChI is InChI=1S/C13H12N2O2/c1-17-10-4-2-3-9(7-10)13(16)11-5-6-15-8-12(11)14/h2-8H,14H2,1H3. The van der Waals surface area contributed by atoms with Gasteiger partial charge in [-0.25, -0.2) is 0 Å². The predicted molar refractivity (Wildman–Crippen MR) is 65.1 cm³/mol. The van der Waals surface area contributed by atoms with Crippen molar-refractivity contribution in [2.45, 2.75) is 0 Å². The molecule has 0 aliphatic rings. The van der Waals surface area contributed by atoms with Gasteiger partial charge in [0.1, 0.15) is 5.75 Å². The van der Waals surface area contributed by atoms with E-state index in [-0.39, 0.29) is 5.78 Å². The zero-order valence-corrected chi connectivity index (χ0v) is 9.38. The molecule has 0 bridgehead atoms. The van der Waals surface area contributed by atoms with E-state index in [1.54, 1.807) is 43.6 Å². The minimum absolute atomic E-state index is 0.135. The summed E-state index contributed by atoms with van der Waals surface area (Å²) >= 11 is 0. The molecule has 0 unspecified atom stereocenters. The van der Waals surface area contributed by atoms with Crippen molar-refractivity contribution in [3.05, 3.63) is 53.9 Å². The maximum Gasteiger partial charge on any atom is 0.195 e. The Hall–Kier alpha value is -2.36. The summed E-state index contributed by atoms with van der Waals surface area (Å²) in [5.74, 6) is 0.507. The van der Waals surface area contributed by atoms with Gasteiger partial charge in [0.2, 0.25) is 0 Å². The third kappa shape index (κ3) is 2.25. The molecule has 0 saturated carbocycles. The Labute approximate surface area is 99.1 Å². The van der Waals surface area contributed by atoms with E-state index in [2.05, 4.69) is 4.98 Å². The van der Waals surface area contributed by atoms with Crippen LogP contribution in [0.15, 0.2) is 42.7 Å². The Balaban J connectivity index is 2.40. The third-order valence-corrected chi connectivity index (χ3v) is 2.43. The van der Waals surface area contributed by atoms with Crippen molar-refractivity contribution in [3.8, 4) is 5.75 Å². The average molecular weight is 228 g/mol. The molecular formula is C13H12N2O2. The highest BCUT2D eigenvalue weighted by atomic mass is 16.5. The van der Waals surface area contributed by atoms with Crippen molar-refractivity contribution in [3.63, 3.8) is 0 Å². The second kappa shape index (κ2) is 4.65. The lowest BCUT2D eigenvalue weighted by Crippen LogP contribution is -2.05. The minimum atomic E-state index is -0.135. The molecule has 4 heteroatoms. The average Bonchev–Trinajstić information content (AvgIpc) is 2.38. The van der Waals surface area contributed by atoms with Gasteiger partial charge in [0.05, 0.1) is 19.0 Å². The maximum absolute atomic E-state index is 12.2. The fourth-order valence-corrected chi connectivity index (χ4v) is 1.53. The number of rotatable bonds is 3. The molecule has 0 aliphatic carbocycles. The lowest BCUT2D eigenvalue weighted by atomic mass is 10.0. The van der Waals surface area contributed by atoms with Crippen LogP contribution in [0.25, 0.3) is 0 Å². The molecule has 0 fully saturated rings. The van der Waals surface area contributed by atoms with Gasteiger partial charge in [0, 0.05) is 17.3 Å². The van der Waals surface area contributed by atoms with Gasteiger partial charge in [-0.1, -0.05) is 12.1 Å². The van der Waals surface area contributed by atoms with Gasteiger partial charge in [-0.2, -0.15) is 0 Å². The van der Waals surface area contributed by atoms with Crippen LogP contribution in [0.1, 0.15) is 15.9 Å². The monoisotopic (exact) mass is 228 g/mol. The lowest BCUT2D eigenvalue weighted by molar-refractivity contribution is 0.103. The van der Waals surface area contributed by atoms with Crippen LogP contribution < -0.4 is 10.5 Å². The van der Waals surface area contributed by atoms with Gasteiger partial charge in [-0.05, 0) is 18.2 Å². The summed E-state index contributed by atoms with van der Waals surface area (Å²) in [6.45, 7) is 0. The molecule has 86 valence electrons. The van der Waals surface area contributed by atoms with Crippen molar-refractivity contribution >= 4 is 11.5 Å². The fourth-order valence-electron chi connectivity index (χ4n) is 1.53. The molecule has 2 N–H and O–H groups in total. The number of nitrogens with zero attached hydrogens (tertiary/aromatic N) is 1. The van der Waals surface area contributed by atoms with E-state index < -0.39 is 0 Å². The predicted octanol–water partition coefficient (Wildman–Crippen LogP) is 1.90. The van der Waals surface area contributed by atoms with Crippen LogP contribution in [0.2, 0.25) is 0 Å². The van der Waals surface area contributed by atoms with Crippen LogP contribution >= 0.6 is 0 Å². The number of ketones is 1. The molecule has 0 atom stereocenters. The first-order valence-electron chi connectivity index (χ1n) is 5.10. The number of anilines is 1. The number of aromatic nitrogens is 1. The summed E-state index contributed by atoms with van der Waals surface area (Å²) in [6, 6.07) is 8.57. The van der Waals surface area contributed by atoms with Crippen molar-refractivity contribution in [1.29, 1.82) is 0 Å². The lowest BCUT2D eigenvalue weighted by Gasteiger charge is -2.05. The van der Waals surface area contributed by atoms with E-state index in [0.29, 0.717) is 22.6 Å². The van der Waals surface area contributed by atoms with Crippen LogP contribution in [-0.2, 0) is 0 Å². The first-order chi connectivity index (χ1) is 8.22. The molecule has 0 spiro atoms. The van der Waals surface area contributed by atoms with E-state index in [1.807, 2.05) is 0 Å². The summed E-state index contributed by atoms with van der Waals surface area (Å²) in [6.07, 6.45) is 3.01. The maximum atomic E-state index is 12.2. The highest BCUT2D eigenvalue weighted by Crippen LogP contribution is 2.18. The second-order valence-electron chi connectivity index (χ2n) is 3.52. The number of nitrogens with two attached hydrogens (primary N) is 1. The number of benzene rings is 1. The van der Waals surface area contributed by atoms with Gasteiger partial charge < -0.3 is 10.5 Å². The van der Waals surface area contributed by atoms with Gasteiger partial charge in [0.15, 0.2) is 5.78 Å². The molecule has 0 saturated heterocycles. The quantitative estimate of drug-likeness (QED) is 0.815. The van der Waals surface area contributed by atoms with Crippen molar-refractivity contribution < 1.29 is 9.53 Å². The smallest absolute Gasteiger partial charge is 0.195 e. The molecule has 2 aromatic rings. The Kier molecular flexibility index (Phi) is 3.05. The van der Waals surface area contributed by atoms with Crippen LogP contribution in [0.4, 0.5) is 5.69 Å². The Morgan fingerprint density at radius 1 is 1.35 bits per heavy atom. The van der Waals surface area contributed by atoms with Crippen LogP contribution in [0.3, 0.4) is 0 Å². The zero-order valence-electron chi connectivity index (χ0n) is 9.38. The number of ether oxygens (including phenoxy) is 1. The first kappa shape index (κ1) is 11.1. The van der Waals surface area contributed by atoms with Crippen LogP contribution in [-0.4, -0.2) is 17.9 Å². The van der Waals surface area contributed by atoms with Crippen molar-refractivity contribution in [2.75, 3.05) is 12.8 Å². The van der Waals surface area contributed by atoms with E-state index in [0.717, 1.165) is 0 Å². The van der Waals surface area contributed by atoms with Gasteiger partial charge >= 0.3 is 0 Å². The summed E-state index contributed by atoms with van der Waals surface area (Å²) in [5, 5.41) is 0. The number of hydrogen-bond donors (Lipinski definition) is 1. The highest BCUT2D eigenvalue weighted by Gasteiger charge is 2.12. The normalized spacial score (nSPS) is 9.94. The van der Waals surface area contributed by atoms with Crippen molar-refractivity contribution in [1.82, 2.24) is 4.98 Å². The summed E-state index contributed by atoms with van der Waals surface area (Å²) in [5.41, 5.74) is 7.09. The molecule has 0 aliphatic heterocycles. The Bertz CT molecular complexity index is 553. The van der Waals surface area contributed by atoms with E-state index in [1.165, 1.54) is 6.20 Å². The van der Waals surface area contributed by atoms with Crippen LogP contribution in [0.5, 0.6) is 5.75 Å². The van der Waals surface area contributed by atoms with Crippen molar-refractivity contribution in [2.24, 2.45) is 0 Å². The molecule has 17 heavy (non-hydrogen) atoms. The summed E-state index contributed by atoms with van der Waals surface area (Å²) in [7, 11) is 1.56. The SMILES string of the molecule is COc1cccc(C(=O)c2ccncc2N)c1. The second-order valence-corrected chi connectivity index (χ2v) is 3.52. The summed E-state index contributed by atoms with van der Waals surface area (Å²) < 4.78 is 5.08. The van der Waals surface area contributed by atoms with E-state index >= 15 is 0 Å². The van der Waals surface area contributed by atoms with Gasteiger partial charge in [0.25, 0.3) is 0 Å². The molecule has 2 rings (SSSR count). The Morgan fingerprint density at radius 2 is 2.18 bits per heavy atom. The van der Waals surface area contributed by atoms with E-state index in [4.69, 9.17) is 10.5 Å². The highest BCUT2D eigenvalue weighted by molar-refractivity contribution is 6.12. The fraction of sp³-hybridized carbons (Fsp3) is 0.0769. The number of carbonyl (C=O) groups is 1. The molecule has 1 aromatic carbocycles.